The molecule has 2 aliphatic heterocycles. The Kier molecular flexibility index (Phi) is 4.74. The van der Waals surface area contributed by atoms with E-state index >= 15 is 0 Å². The highest BCUT2D eigenvalue weighted by atomic mass is 32.2. The lowest BCUT2D eigenvalue weighted by Crippen LogP contribution is -2.79. The molecule has 0 saturated carbocycles. The number of nitrogens with one attached hydrogen (secondary N) is 1. The number of aromatic nitrogens is 4. The predicted octanol–water partition coefficient (Wildman–Crippen LogP) is 0.266. The fourth-order valence-electron chi connectivity index (χ4n) is 3.44. The number of aryl methyl sites for hydroxylation is 1. The molecule has 4 heterocycles. The van der Waals surface area contributed by atoms with E-state index in [2.05, 4.69) is 27.4 Å². The van der Waals surface area contributed by atoms with Gasteiger partial charge < -0.3 is 10.4 Å². The van der Waals surface area contributed by atoms with Crippen LogP contribution in [-0.4, -0.2) is 64.7 Å². The summed E-state index contributed by atoms with van der Waals surface area (Å²) in [5.41, 5.74) is -1.19. The summed E-state index contributed by atoms with van der Waals surface area (Å²) in [5, 5.41) is 24.9. The normalized spacial score (nSPS) is 23.4. The molecule has 0 aliphatic carbocycles. The molecule has 2 aromatic heterocycles. The Bertz CT molecular complexity index is 1050. The second-order valence-electron chi connectivity index (χ2n) is 6.47. The number of thioether (sulfide) groups is 1. The second-order valence-corrected chi connectivity index (χ2v) is 8.58. The Balaban J connectivity index is 1.65. The van der Waals surface area contributed by atoms with Gasteiger partial charge in [-0.25, -0.2) is 9.48 Å². The lowest BCUT2D eigenvalue weighted by molar-refractivity contribution is -0.155. The zero-order chi connectivity index (χ0) is 20.8. The van der Waals surface area contributed by atoms with E-state index in [4.69, 9.17) is 0 Å². The van der Waals surface area contributed by atoms with Gasteiger partial charge in [0, 0.05) is 23.3 Å². The van der Waals surface area contributed by atoms with E-state index in [0.29, 0.717) is 5.57 Å². The standard InChI is InChI=1S/C17H16N6O4S2/c1-3-17(18-11(24)7-9-5-4-6-28-9)15(27)23-12(14(25)26)10(8-29-16(17)23)13-19-20-21-22(13)2/h3-6,16H,1,7-8H2,2H3,(H,18,24)(H,25,26)/t16-,17?/m0/s1. The summed E-state index contributed by atoms with van der Waals surface area (Å²) >= 11 is 2.77. The number of hydrogen-bond acceptors (Lipinski definition) is 8. The molecule has 0 bridgehead atoms. The highest BCUT2D eigenvalue weighted by Gasteiger charge is 2.64. The summed E-state index contributed by atoms with van der Waals surface area (Å²) in [6, 6.07) is 3.68. The van der Waals surface area contributed by atoms with Crippen molar-refractivity contribution in [2.45, 2.75) is 17.3 Å². The van der Waals surface area contributed by atoms with Crippen LogP contribution in [0.5, 0.6) is 0 Å². The number of amides is 2. The lowest BCUT2D eigenvalue weighted by atomic mass is 9.86. The molecule has 150 valence electrons. The van der Waals surface area contributed by atoms with E-state index in [9.17, 15) is 19.5 Å². The Morgan fingerprint density at radius 1 is 1.52 bits per heavy atom. The average molecular weight is 432 g/mol. The van der Waals surface area contributed by atoms with Crippen molar-refractivity contribution >= 4 is 46.5 Å². The van der Waals surface area contributed by atoms with E-state index in [1.807, 2.05) is 17.5 Å². The number of rotatable bonds is 6. The van der Waals surface area contributed by atoms with E-state index < -0.39 is 22.8 Å². The van der Waals surface area contributed by atoms with Crippen LogP contribution in [-0.2, 0) is 27.9 Å². The Labute approximate surface area is 173 Å². The van der Waals surface area contributed by atoms with E-state index in [1.165, 1.54) is 38.8 Å². The Morgan fingerprint density at radius 2 is 2.31 bits per heavy atom. The summed E-state index contributed by atoms with van der Waals surface area (Å²) in [6.07, 6.45) is 1.51. The molecule has 2 atom stereocenters. The predicted molar refractivity (Wildman–Crippen MR) is 106 cm³/mol. The van der Waals surface area contributed by atoms with Crippen LogP contribution >= 0.6 is 23.1 Å². The van der Waals surface area contributed by atoms with Gasteiger partial charge in [-0.15, -0.1) is 34.8 Å². The molecule has 12 heteroatoms. The van der Waals surface area contributed by atoms with Gasteiger partial charge in [0.2, 0.25) is 5.91 Å². The highest BCUT2D eigenvalue weighted by molar-refractivity contribution is 8.00. The number of aliphatic carboxylic acids is 1. The van der Waals surface area contributed by atoms with Gasteiger partial charge in [-0.05, 0) is 21.9 Å². The number of nitrogens with zero attached hydrogens (tertiary/aromatic N) is 5. The van der Waals surface area contributed by atoms with Crippen LogP contribution < -0.4 is 5.32 Å². The maximum Gasteiger partial charge on any atom is 0.353 e. The number of β-lactam (4-membered cyclic amide) rings is 1. The number of carbonyl (C=O) groups excluding carboxylic acids is 2. The van der Waals surface area contributed by atoms with Crippen LogP contribution in [0.15, 0.2) is 35.9 Å². The molecule has 2 aromatic rings. The largest absolute Gasteiger partial charge is 0.477 e. The Morgan fingerprint density at radius 3 is 2.90 bits per heavy atom. The summed E-state index contributed by atoms with van der Waals surface area (Å²) in [4.78, 5) is 39.6. The molecule has 0 aromatic carbocycles. The van der Waals surface area contributed by atoms with Gasteiger partial charge in [-0.2, -0.15) is 0 Å². The first-order valence-electron chi connectivity index (χ1n) is 8.50. The van der Waals surface area contributed by atoms with Gasteiger partial charge in [-0.3, -0.25) is 14.5 Å². The molecule has 0 radical (unpaired) electrons. The molecule has 29 heavy (non-hydrogen) atoms. The minimum atomic E-state index is -1.36. The quantitative estimate of drug-likeness (QED) is 0.491. The smallest absolute Gasteiger partial charge is 0.353 e. The van der Waals surface area contributed by atoms with Crippen molar-refractivity contribution in [2.75, 3.05) is 5.75 Å². The fourth-order valence-corrected chi connectivity index (χ4v) is 5.60. The van der Waals surface area contributed by atoms with Crippen LogP contribution in [0.1, 0.15) is 10.7 Å². The number of thiophene rings is 1. The van der Waals surface area contributed by atoms with E-state index in [1.54, 1.807) is 7.05 Å². The molecular weight excluding hydrogens is 416 g/mol. The molecule has 1 saturated heterocycles. The summed E-state index contributed by atoms with van der Waals surface area (Å²) < 4.78 is 1.35. The van der Waals surface area contributed by atoms with E-state index in [0.717, 1.165) is 4.88 Å². The van der Waals surface area contributed by atoms with Gasteiger partial charge >= 0.3 is 5.97 Å². The maximum atomic E-state index is 13.1. The van der Waals surface area contributed by atoms with Gasteiger partial charge in [-0.1, -0.05) is 12.1 Å². The van der Waals surface area contributed by atoms with Crippen LogP contribution in [0.4, 0.5) is 0 Å². The highest BCUT2D eigenvalue weighted by Crippen LogP contribution is 2.48. The van der Waals surface area contributed by atoms with Gasteiger partial charge in [0.05, 0.1) is 6.42 Å². The molecule has 2 N–H and O–H groups in total. The van der Waals surface area contributed by atoms with Crippen LogP contribution in [0.2, 0.25) is 0 Å². The second kappa shape index (κ2) is 7.12. The van der Waals surface area contributed by atoms with Crippen LogP contribution in [0.3, 0.4) is 0 Å². The number of hydrogen-bond donors (Lipinski definition) is 2. The maximum absolute atomic E-state index is 13.1. The van der Waals surface area contributed by atoms with Crippen molar-refractivity contribution in [1.29, 1.82) is 0 Å². The third kappa shape index (κ3) is 2.95. The van der Waals surface area contributed by atoms with Gasteiger partial charge in [0.15, 0.2) is 11.4 Å². The third-order valence-electron chi connectivity index (χ3n) is 4.78. The molecular formula is C17H16N6O4S2. The number of carboxylic acids is 1. The van der Waals surface area contributed by atoms with Crippen molar-refractivity contribution < 1.29 is 19.5 Å². The number of carboxylic acid groups (broad SMARTS) is 1. The summed E-state index contributed by atoms with van der Waals surface area (Å²) in [7, 11) is 1.59. The summed E-state index contributed by atoms with van der Waals surface area (Å²) in [5.74, 6) is -1.59. The molecule has 1 unspecified atom stereocenters. The van der Waals surface area contributed by atoms with E-state index in [-0.39, 0.29) is 29.6 Å². The van der Waals surface area contributed by atoms with Crippen molar-refractivity contribution in [1.82, 2.24) is 30.4 Å². The summed E-state index contributed by atoms with van der Waals surface area (Å²) in [6.45, 7) is 3.73. The lowest BCUT2D eigenvalue weighted by Gasteiger charge is -2.55. The van der Waals surface area contributed by atoms with Crippen LogP contribution in [0.25, 0.3) is 5.57 Å². The SMILES string of the molecule is C=CC1(NC(=O)Cc2cccs2)C(=O)N2C(C(=O)O)=C(c3nnnn3C)CS[C@H]21. The number of fused-ring (bicyclic) bond motifs is 1. The topological polar surface area (TPSA) is 130 Å². The molecule has 2 amide bonds. The van der Waals surface area contributed by atoms with Crippen molar-refractivity contribution in [3.8, 4) is 0 Å². The van der Waals surface area contributed by atoms with Crippen LogP contribution in [0, 0.1) is 0 Å². The zero-order valence-corrected chi connectivity index (χ0v) is 16.9. The van der Waals surface area contributed by atoms with Crippen molar-refractivity contribution in [3.05, 3.63) is 46.6 Å². The van der Waals surface area contributed by atoms with Crippen molar-refractivity contribution in [2.24, 2.45) is 7.05 Å². The molecule has 10 nitrogen and oxygen atoms in total. The zero-order valence-electron chi connectivity index (χ0n) is 15.2. The van der Waals surface area contributed by atoms with Crippen molar-refractivity contribution in [3.63, 3.8) is 0 Å². The first-order valence-corrected chi connectivity index (χ1v) is 10.4. The first-order chi connectivity index (χ1) is 13.9. The van der Waals surface area contributed by atoms with Gasteiger partial charge in [0.25, 0.3) is 5.91 Å². The molecule has 2 aliphatic rings. The monoisotopic (exact) mass is 432 g/mol. The molecule has 4 rings (SSSR count). The first kappa shape index (κ1) is 19.3. The Hall–Kier alpha value is -2.99. The third-order valence-corrected chi connectivity index (χ3v) is 7.01. The fraction of sp³-hybridized carbons (Fsp3) is 0.294. The van der Waals surface area contributed by atoms with Gasteiger partial charge in [0.1, 0.15) is 11.1 Å². The minimum Gasteiger partial charge on any atom is -0.477 e. The average Bonchev–Trinajstić information content (AvgIpc) is 3.36. The number of tetrazole rings is 1. The number of carbonyl (C=O) groups is 3. The minimum absolute atomic E-state index is 0.134. The molecule has 1 fully saturated rings. The molecule has 0 spiro atoms.